The van der Waals surface area contributed by atoms with Crippen LogP contribution in [-0.4, -0.2) is 4.98 Å². The number of hydrogen-bond donors (Lipinski definition) is 2. The number of pyridine rings is 1. The molecular formula is C13H10F5N3. The fourth-order valence-electron chi connectivity index (χ4n) is 1.63. The van der Waals surface area contributed by atoms with E-state index in [1.165, 1.54) is 6.07 Å². The minimum absolute atomic E-state index is 0.00878. The predicted molar refractivity (Wildman–Crippen MR) is 67.3 cm³/mol. The Bertz CT molecular complexity index is 655. The van der Waals surface area contributed by atoms with Crippen LogP contribution in [0.2, 0.25) is 0 Å². The Labute approximate surface area is 116 Å². The molecule has 8 heteroatoms. The summed E-state index contributed by atoms with van der Waals surface area (Å²) >= 11 is 0. The van der Waals surface area contributed by atoms with Crippen LogP contribution >= 0.6 is 0 Å². The van der Waals surface area contributed by atoms with Crippen LogP contribution in [0.3, 0.4) is 0 Å². The van der Waals surface area contributed by atoms with Crippen molar-refractivity contribution in [2.45, 2.75) is 12.7 Å². The van der Waals surface area contributed by atoms with E-state index in [0.29, 0.717) is 6.07 Å². The van der Waals surface area contributed by atoms with Crippen LogP contribution in [0.4, 0.5) is 33.3 Å². The van der Waals surface area contributed by atoms with E-state index in [1.807, 2.05) is 0 Å². The van der Waals surface area contributed by atoms with Crippen LogP contribution in [0, 0.1) is 11.6 Å². The molecule has 112 valence electrons. The highest BCUT2D eigenvalue weighted by molar-refractivity contribution is 5.65. The predicted octanol–water partition coefficient (Wildman–Crippen LogP) is 3.57. The summed E-state index contributed by atoms with van der Waals surface area (Å²) in [5.74, 6) is -1.54. The van der Waals surface area contributed by atoms with Crippen molar-refractivity contribution in [1.82, 2.24) is 4.98 Å². The number of benzene rings is 1. The van der Waals surface area contributed by atoms with Crippen molar-refractivity contribution in [2.75, 3.05) is 11.1 Å². The maximum atomic E-state index is 13.4. The van der Waals surface area contributed by atoms with Crippen molar-refractivity contribution in [3.8, 4) is 0 Å². The van der Waals surface area contributed by atoms with Gasteiger partial charge >= 0.3 is 6.18 Å². The molecule has 0 spiro atoms. The van der Waals surface area contributed by atoms with Gasteiger partial charge in [0.1, 0.15) is 17.3 Å². The molecule has 0 aliphatic heterocycles. The van der Waals surface area contributed by atoms with E-state index in [2.05, 4.69) is 10.3 Å². The summed E-state index contributed by atoms with van der Waals surface area (Å²) in [5, 5.41) is 2.57. The number of aromatic nitrogens is 1. The van der Waals surface area contributed by atoms with E-state index in [1.54, 1.807) is 0 Å². The molecule has 2 aromatic rings. The quantitative estimate of drug-likeness (QED) is 0.852. The molecule has 0 amide bonds. The minimum atomic E-state index is -4.61. The van der Waals surface area contributed by atoms with Crippen molar-refractivity contribution in [3.05, 3.63) is 53.4 Å². The Morgan fingerprint density at radius 1 is 1.14 bits per heavy atom. The van der Waals surface area contributed by atoms with Crippen LogP contribution in [-0.2, 0) is 12.7 Å². The Balaban J connectivity index is 2.19. The highest BCUT2D eigenvalue weighted by Gasteiger charge is 2.32. The molecule has 0 bridgehead atoms. The second-order valence-corrected chi connectivity index (χ2v) is 4.24. The van der Waals surface area contributed by atoms with Crippen LogP contribution < -0.4 is 11.1 Å². The monoisotopic (exact) mass is 303 g/mol. The van der Waals surface area contributed by atoms with Gasteiger partial charge in [0, 0.05) is 18.2 Å². The minimum Gasteiger partial charge on any atom is -0.396 e. The van der Waals surface area contributed by atoms with Crippen molar-refractivity contribution >= 4 is 11.4 Å². The van der Waals surface area contributed by atoms with E-state index in [-0.39, 0.29) is 23.5 Å². The van der Waals surface area contributed by atoms with E-state index >= 15 is 0 Å². The molecule has 21 heavy (non-hydrogen) atoms. The zero-order chi connectivity index (χ0) is 15.6. The van der Waals surface area contributed by atoms with Gasteiger partial charge in [-0.25, -0.2) is 13.8 Å². The summed E-state index contributed by atoms with van der Waals surface area (Å²) in [6.45, 7) is -0.141. The lowest BCUT2D eigenvalue weighted by Gasteiger charge is -2.12. The zero-order valence-electron chi connectivity index (χ0n) is 10.5. The Kier molecular flexibility index (Phi) is 3.97. The molecule has 0 unspecified atom stereocenters. The van der Waals surface area contributed by atoms with E-state index < -0.39 is 23.5 Å². The fourth-order valence-corrected chi connectivity index (χ4v) is 1.63. The zero-order valence-corrected chi connectivity index (χ0v) is 10.5. The number of halogens is 5. The maximum absolute atomic E-state index is 13.4. The van der Waals surface area contributed by atoms with Gasteiger partial charge in [-0.3, -0.25) is 0 Å². The van der Waals surface area contributed by atoms with E-state index in [0.717, 1.165) is 18.3 Å². The topological polar surface area (TPSA) is 50.9 Å². The van der Waals surface area contributed by atoms with E-state index in [4.69, 9.17) is 5.73 Å². The van der Waals surface area contributed by atoms with Gasteiger partial charge in [0.25, 0.3) is 0 Å². The molecular weight excluding hydrogens is 293 g/mol. The van der Waals surface area contributed by atoms with Crippen LogP contribution in [0.5, 0.6) is 0 Å². The summed E-state index contributed by atoms with van der Waals surface area (Å²) in [6.07, 6.45) is -3.74. The van der Waals surface area contributed by atoms with Crippen molar-refractivity contribution in [2.24, 2.45) is 0 Å². The number of nitrogens with two attached hydrogens (primary N) is 1. The van der Waals surface area contributed by atoms with E-state index in [9.17, 15) is 22.0 Å². The second-order valence-electron chi connectivity index (χ2n) is 4.24. The number of hydrogen-bond acceptors (Lipinski definition) is 3. The highest BCUT2D eigenvalue weighted by atomic mass is 19.4. The number of nitrogens with zero attached hydrogens (tertiary/aromatic N) is 1. The van der Waals surface area contributed by atoms with Gasteiger partial charge in [0.2, 0.25) is 0 Å². The lowest BCUT2D eigenvalue weighted by molar-refractivity contribution is -0.141. The van der Waals surface area contributed by atoms with Gasteiger partial charge in [0.15, 0.2) is 0 Å². The molecule has 0 fully saturated rings. The average molecular weight is 303 g/mol. The largest absolute Gasteiger partial charge is 0.433 e. The lowest BCUT2D eigenvalue weighted by atomic mass is 10.2. The molecule has 0 aliphatic rings. The molecule has 3 N–H and O–H groups in total. The third-order valence-electron chi connectivity index (χ3n) is 2.71. The van der Waals surface area contributed by atoms with Gasteiger partial charge in [0.05, 0.1) is 17.6 Å². The summed E-state index contributed by atoms with van der Waals surface area (Å²) in [7, 11) is 0. The lowest BCUT2D eigenvalue weighted by Crippen LogP contribution is -2.11. The Morgan fingerprint density at radius 3 is 2.48 bits per heavy atom. The molecule has 0 saturated carbocycles. The van der Waals surface area contributed by atoms with Gasteiger partial charge in [-0.1, -0.05) is 6.07 Å². The average Bonchev–Trinajstić information content (AvgIpc) is 2.38. The summed E-state index contributed by atoms with van der Waals surface area (Å²) in [6, 6.07) is 3.67. The number of alkyl halides is 3. The van der Waals surface area contributed by atoms with Crippen LogP contribution in [0.15, 0.2) is 30.5 Å². The number of rotatable bonds is 3. The molecule has 1 heterocycles. The molecule has 0 aliphatic carbocycles. The number of nitrogens with one attached hydrogen (secondary N) is 1. The van der Waals surface area contributed by atoms with Gasteiger partial charge in [-0.15, -0.1) is 0 Å². The highest BCUT2D eigenvalue weighted by Crippen LogP contribution is 2.31. The Hall–Kier alpha value is -2.38. The number of nitrogen functional groups attached to an aromatic ring is 1. The first-order chi connectivity index (χ1) is 9.77. The molecule has 1 aromatic heterocycles. The molecule has 0 saturated heterocycles. The third-order valence-corrected chi connectivity index (χ3v) is 2.71. The second kappa shape index (κ2) is 5.55. The van der Waals surface area contributed by atoms with Crippen molar-refractivity contribution in [3.63, 3.8) is 0 Å². The Morgan fingerprint density at radius 2 is 1.86 bits per heavy atom. The molecule has 1 aromatic carbocycles. The molecule has 0 atom stereocenters. The summed E-state index contributed by atoms with van der Waals surface area (Å²) in [5.41, 5.74) is 4.46. The molecule has 3 nitrogen and oxygen atoms in total. The first-order valence-corrected chi connectivity index (χ1v) is 5.78. The van der Waals surface area contributed by atoms with Gasteiger partial charge in [-0.05, 0) is 12.1 Å². The van der Waals surface area contributed by atoms with Gasteiger partial charge in [-0.2, -0.15) is 13.2 Å². The fraction of sp³-hybridized carbons (Fsp3) is 0.154. The summed E-state index contributed by atoms with van der Waals surface area (Å²) in [4.78, 5) is 3.18. The number of anilines is 2. The molecule has 0 radical (unpaired) electrons. The first-order valence-electron chi connectivity index (χ1n) is 5.78. The SMILES string of the molecule is Nc1cnc(C(F)(F)F)cc1NCc1ccc(F)cc1F. The summed E-state index contributed by atoms with van der Waals surface area (Å²) < 4.78 is 63.8. The van der Waals surface area contributed by atoms with Gasteiger partial charge < -0.3 is 11.1 Å². The third kappa shape index (κ3) is 3.59. The van der Waals surface area contributed by atoms with Crippen molar-refractivity contribution in [1.29, 1.82) is 0 Å². The van der Waals surface area contributed by atoms with Crippen LogP contribution in [0.1, 0.15) is 11.3 Å². The first kappa shape index (κ1) is 15.0. The maximum Gasteiger partial charge on any atom is 0.433 e. The standard InChI is InChI=1S/C13H10F5N3/c14-8-2-1-7(9(15)3-8)5-20-11-4-12(13(16,17)18)21-6-10(11)19/h1-4,6H,5,19H2,(H,20,21). The van der Waals surface area contributed by atoms with Crippen LogP contribution in [0.25, 0.3) is 0 Å². The normalized spacial score (nSPS) is 11.5. The smallest absolute Gasteiger partial charge is 0.396 e. The molecule has 2 rings (SSSR count). The van der Waals surface area contributed by atoms with Crippen molar-refractivity contribution < 1.29 is 22.0 Å².